The van der Waals surface area contributed by atoms with Gasteiger partial charge in [0.25, 0.3) is 11.6 Å². The summed E-state index contributed by atoms with van der Waals surface area (Å²) in [6, 6.07) is 10.6. The van der Waals surface area contributed by atoms with E-state index in [4.69, 9.17) is 0 Å². The SMILES string of the molecule is CN(C)CCN(C(=O)/C=C/c1ccc([N+](=O)[O-])cc1)c1nc2ccc(S(C)(=O)=O)cc2s1. The number of fused-ring (bicyclic) bond motifs is 1. The zero-order chi connectivity index (χ0) is 23.5. The fourth-order valence-electron chi connectivity index (χ4n) is 2.80. The lowest BCUT2D eigenvalue weighted by molar-refractivity contribution is -0.384. The molecule has 0 atom stereocenters. The molecule has 3 aromatic rings. The summed E-state index contributed by atoms with van der Waals surface area (Å²) in [4.78, 5) is 31.5. The highest BCUT2D eigenvalue weighted by atomic mass is 32.2. The Balaban J connectivity index is 1.89. The van der Waals surface area contributed by atoms with Gasteiger partial charge in [0.05, 0.1) is 20.0 Å². The van der Waals surface area contributed by atoms with E-state index in [0.717, 1.165) is 6.26 Å². The lowest BCUT2D eigenvalue weighted by atomic mass is 10.2. The maximum absolute atomic E-state index is 13.0. The fraction of sp³-hybridized carbons (Fsp3) is 0.238. The van der Waals surface area contributed by atoms with E-state index < -0.39 is 14.8 Å². The van der Waals surface area contributed by atoms with Gasteiger partial charge in [0.15, 0.2) is 15.0 Å². The molecule has 2 aromatic carbocycles. The summed E-state index contributed by atoms with van der Waals surface area (Å²) in [6.45, 7) is 0.983. The topological polar surface area (TPSA) is 114 Å². The Labute approximate surface area is 189 Å². The normalized spacial score (nSPS) is 12.0. The third-order valence-electron chi connectivity index (χ3n) is 4.57. The van der Waals surface area contributed by atoms with Gasteiger partial charge in [0.1, 0.15) is 0 Å². The molecule has 1 heterocycles. The molecule has 9 nitrogen and oxygen atoms in total. The number of carbonyl (C=O) groups excluding carboxylic acids is 1. The van der Waals surface area contributed by atoms with Crippen LogP contribution in [-0.4, -0.2) is 62.6 Å². The smallest absolute Gasteiger partial charge is 0.269 e. The van der Waals surface area contributed by atoms with Crippen molar-refractivity contribution in [1.82, 2.24) is 9.88 Å². The first kappa shape index (κ1) is 23.5. The molecule has 1 aromatic heterocycles. The second-order valence-corrected chi connectivity index (χ2v) is 10.4. The van der Waals surface area contributed by atoms with Crippen LogP contribution in [0.1, 0.15) is 5.56 Å². The number of carbonyl (C=O) groups is 1. The van der Waals surface area contributed by atoms with Gasteiger partial charge in [-0.3, -0.25) is 19.8 Å². The quantitative estimate of drug-likeness (QED) is 0.280. The number of anilines is 1. The molecule has 0 aliphatic heterocycles. The highest BCUT2D eigenvalue weighted by molar-refractivity contribution is 7.90. The first-order valence-corrected chi connectivity index (χ1v) is 12.2. The van der Waals surface area contributed by atoms with Crippen molar-refractivity contribution in [1.29, 1.82) is 0 Å². The zero-order valence-corrected chi connectivity index (χ0v) is 19.4. The van der Waals surface area contributed by atoms with Gasteiger partial charge in [-0.1, -0.05) is 11.3 Å². The summed E-state index contributed by atoms with van der Waals surface area (Å²) >= 11 is 1.24. The molecule has 0 bridgehead atoms. The molecule has 0 fully saturated rings. The Bertz CT molecular complexity index is 1280. The molecule has 0 aliphatic rings. The fourth-order valence-corrected chi connectivity index (χ4v) is 4.56. The van der Waals surface area contributed by atoms with Gasteiger partial charge in [-0.05, 0) is 56.1 Å². The number of hydrogen-bond acceptors (Lipinski definition) is 8. The molecular formula is C21H22N4O5S2. The van der Waals surface area contributed by atoms with E-state index >= 15 is 0 Å². The number of thiazole rings is 1. The number of nitro benzene ring substituents is 1. The largest absolute Gasteiger partial charge is 0.308 e. The molecule has 0 saturated carbocycles. The minimum Gasteiger partial charge on any atom is -0.308 e. The summed E-state index contributed by atoms with van der Waals surface area (Å²) in [5.41, 5.74) is 1.24. The van der Waals surface area contributed by atoms with Crippen LogP contribution in [0.2, 0.25) is 0 Å². The second-order valence-electron chi connectivity index (χ2n) is 7.37. The molecule has 0 spiro atoms. The van der Waals surface area contributed by atoms with E-state index in [-0.39, 0.29) is 16.5 Å². The number of benzene rings is 2. The third kappa shape index (κ3) is 5.75. The Kier molecular flexibility index (Phi) is 7.02. The molecule has 0 unspecified atom stereocenters. The van der Waals surface area contributed by atoms with Gasteiger partial charge in [-0.15, -0.1) is 0 Å². The monoisotopic (exact) mass is 474 g/mol. The van der Waals surface area contributed by atoms with E-state index in [1.165, 1.54) is 40.5 Å². The maximum atomic E-state index is 13.0. The van der Waals surface area contributed by atoms with E-state index in [0.29, 0.717) is 34.0 Å². The number of rotatable bonds is 8. The minimum atomic E-state index is -3.35. The summed E-state index contributed by atoms with van der Waals surface area (Å²) in [6.07, 6.45) is 4.13. The molecule has 0 saturated heterocycles. The van der Waals surface area contributed by atoms with Crippen LogP contribution in [0.3, 0.4) is 0 Å². The molecule has 32 heavy (non-hydrogen) atoms. The van der Waals surface area contributed by atoms with Crippen molar-refractivity contribution in [3.05, 3.63) is 64.2 Å². The number of sulfone groups is 1. The predicted molar refractivity (Wildman–Crippen MR) is 126 cm³/mol. The van der Waals surface area contributed by atoms with Gasteiger partial charge < -0.3 is 4.90 Å². The van der Waals surface area contributed by atoms with Crippen LogP contribution in [0.25, 0.3) is 16.3 Å². The maximum Gasteiger partial charge on any atom is 0.269 e. The minimum absolute atomic E-state index is 0.0241. The zero-order valence-electron chi connectivity index (χ0n) is 17.8. The van der Waals surface area contributed by atoms with E-state index in [1.807, 2.05) is 19.0 Å². The Morgan fingerprint density at radius 3 is 2.44 bits per heavy atom. The van der Waals surface area contributed by atoms with Gasteiger partial charge in [-0.2, -0.15) is 0 Å². The Morgan fingerprint density at radius 2 is 1.84 bits per heavy atom. The summed E-state index contributed by atoms with van der Waals surface area (Å²) < 4.78 is 24.4. The molecule has 168 valence electrons. The predicted octanol–water partition coefficient (Wildman–Crippen LogP) is 3.22. The first-order chi connectivity index (χ1) is 15.0. The lowest BCUT2D eigenvalue weighted by Crippen LogP contribution is -2.35. The van der Waals surface area contributed by atoms with Crippen LogP contribution in [0.4, 0.5) is 10.8 Å². The van der Waals surface area contributed by atoms with Crippen molar-refractivity contribution in [2.45, 2.75) is 4.90 Å². The van der Waals surface area contributed by atoms with Crippen LogP contribution in [0.5, 0.6) is 0 Å². The number of nitrogens with zero attached hydrogens (tertiary/aromatic N) is 4. The van der Waals surface area contributed by atoms with Gasteiger partial charge in [-0.25, -0.2) is 13.4 Å². The van der Waals surface area contributed by atoms with Crippen LogP contribution >= 0.6 is 11.3 Å². The van der Waals surface area contributed by atoms with E-state index in [1.54, 1.807) is 30.3 Å². The number of aromatic nitrogens is 1. The van der Waals surface area contributed by atoms with E-state index in [2.05, 4.69) is 4.98 Å². The second kappa shape index (κ2) is 9.55. The van der Waals surface area contributed by atoms with Crippen molar-refractivity contribution < 1.29 is 18.1 Å². The average molecular weight is 475 g/mol. The Hall–Kier alpha value is -3.15. The van der Waals surface area contributed by atoms with Gasteiger partial charge >= 0.3 is 0 Å². The van der Waals surface area contributed by atoms with Crippen molar-refractivity contribution in [2.24, 2.45) is 0 Å². The van der Waals surface area contributed by atoms with Crippen molar-refractivity contribution in [3.8, 4) is 0 Å². The summed E-state index contributed by atoms with van der Waals surface area (Å²) in [5, 5.41) is 11.2. The van der Waals surface area contributed by atoms with Gasteiger partial charge in [0, 0.05) is 37.6 Å². The molecule has 1 amide bonds. The lowest BCUT2D eigenvalue weighted by Gasteiger charge is -2.20. The van der Waals surface area contributed by atoms with Crippen LogP contribution < -0.4 is 4.90 Å². The van der Waals surface area contributed by atoms with Crippen molar-refractivity contribution in [2.75, 3.05) is 38.3 Å². The Morgan fingerprint density at radius 1 is 1.16 bits per heavy atom. The van der Waals surface area contributed by atoms with Crippen LogP contribution in [0, 0.1) is 10.1 Å². The molecule has 0 aliphatic carbocycles. The first-order valence-electron chi connectivity index (χ1n) is 9.54. The number of non-ortho nitro benzene ring substituents is 1. The van der Waals surface area contributed by atoms with Crippen LogP contribution in [0.15, 0.2) is 53.4 Å². The van der Waals surface area contributed by atoms with Crippen molar-refractivity contribution >= 4 is 54.2 Å². The number of amides is 1. The number of nitro groups is 1. The van der Waals surface area contributed by atoms with Crippen LogP contribution in [-0.2, 0) is 14.6 Å². The van der Waals surface area contributed by atoms with E-state index in [9.17, 15) is 23.3 Å². The molecule has 3 rings (SSSR count). The number of hydrogen-bond donors (Lipinski definition) is 0. The highest BCUT2D eigenvalue weighted by Crippen LogP contribution is 2.31. The molecular weight excluding hydrogens is 452 g/mol. The molecule has 0 N–H and O–H groups in total. The molecule has 0 radical (unpaired) electrons. The average Bonchev–Trinajstić information content (AvgIpc) is 3.14. The highest BCUT2D eigenvalue weighted by Gasteiger charge is 2.19. The third-order valence-corrected chi connectivity index (χ3v) is 6.72. The number of likely N-dealkylation sites (N-methyl/N-ethyl adjacent to an activating group) is 1. The summed E-state index contributed by atoms with van der Waals surface area (Å²) in [7, 11) is 0.437. The summed E-state index contributed by atoms with van der Waals surface area (Å²) in [5.74, 6) is -0.299. The molecule has 11 heteroatoms. The van der Waals surface area contributed by atoms with Gasteiger partial charge in [0.2, 0.25) is 0 Å². The standard InChI is InChI=1S/C21H22N4O5S2/c1-23(2)12-13-24(20(26)11-6-15-4-7-16(8-5-15)25(27)28)21-22-18-10-9-17(32(3,29)30)14-19(18)31-21/h4-11,14H,12-13H2,1-3H3/b11-6+. The van der Waals surface area contributed by atoms with Crippen molar-refractivity contribution in [3.63, 3.8) is 0 Å².